The normalized spacial score (nSPS) is 23.7. The fraction of sp³-hybridized carbons (Fsp3) is 0.533. The highest BCUT2D eigenvalue weighted by Gasteiger charge is 2.23. The van der Waals surface area contributed by atoms with Gasteiger partial charge in [-0.3, -0.25) is 4.79 Å². The molecule has 2 N–H and O–H groups in total. The van der Waals surface area contributed by atoms with Gasteiger partial charge in [-0.25, -0.2) is 0 Å². The Hall–Kier alpha value is -1.35. The van der Waals surface area contributed by atoms with Gasteiger partial charge in [0.1, 0.15) is 0 Å². The Balaban J connectivity index is 2.09. The van der Waals surface area contributed by atoms with E-state index in [0.29, 0.717) is 12.0 Å². The quantitative estimate of drug-likeness (QED) is 0.838. The van der Waals surface area contributed by atoms with Crippen LogP contribution >= 0.6 is 0 Å². The van der Waals surface area contributed by atoms with Crippen molar-refractivity contribution in [3.63, 3.8) is 0 Å². The number of piperidine rings is 1. The van der Waals surface area contributed by atoms with Crippen LogP contribution in [0.1, 0.15) is 34.8 Å². The van der Waals surface area contributed by atoms with Gasteiger partial charge < -0.3 is 10.6 Å². The summed E-state index contributed by atoms with van der Waals surface area (Å²) in [6.45, 7) is 8.20. The summed E-state index contributed by atoms with van der Waals surface area (Å²) >= 11 is 0. The molecule has 0 radical (unpaired) electrons. The zero-order valence-electron chi connectivity index (χ0n) is 11.4. The van der Waals surface area contributed by atoms with E-state index in [1.54, 1.807) is 0 Å². The number of benzene rings is 1. The third-order valence-electron chi connectivity index (χ3n) is 3.95. The van der Waals surface area contributed by atoms with Crippen molar-refractivity contribution in [3.8, 4) is 0 Å². The first-order valence-electron chi connectivity index (χ1n) is 6.67. The molecule has 1 amide bonds. The van der Waals surface area contributed by atoms with Gasteiger partial charge in [0.15, 0.2) is 0 Å². The van der Waals surface area contributed by atoms with Gasteiger partial charge in [-0.2, -0.15) is 0 Å². The van der Waals surface area contributed by atoms with Gasteiger partial charge in [0.05, 0.1) is 0 Å². The van der Waals surface area contributed by atoms with E-state index in [4.69, 9.17) is 0 Å². The number of hydrogen-bond donors (Lipinski definition) is 2. The topological polar surface area (TPSA) is 41.1 Å². The molecule has 3 heteroatoms. The van der Waals surface area contributed by atoms with Crippen molar-refractivity contribution in [1.82, 2.24) is 10.6 Å². The van der Waals surface area contributed by atoms with Gasteiger partial charge in [-0.05, 0) is 56.5 Å². The van der Waals surface area contributed by atoms with Crippen LogP contribution < -0.4 is 10.6 Å². The monoisotopic (exact) mass is 246 g/mol. The van der Waals surface area contributed by atoms with E-state index < -0.39 is 0 Å². The lowest BCUT2D eigenvalue weighted by Gasteiger charge is -2.30. The molecule has 0 spiro atoms. The average molecular weight is 246 g/mol. The largest absolute Gasteiger partial charge is 0.349 e. The molecule has 2 rings (SSSR count). The summed E-state index contributed by atoms with van der Waals surface area (Å²) in [6, 6.07) is 6.19. The fourth-order valence-electron chi connectivity index (χ4n) is 2.47. The average Bonchev–Trinajstić information content (AvgIpc) is 2.35. The Morgan fingerprint density at radius 1 is 1.39 bits per heavy atom. The highest BCUT2D eigenvalue weighted by Crippen LogP contribution is 2.15. The highest BCUT2D eigenvalue weighted by molar-refractivity contribution is 5.96. The van der Waals surface area contributed by atoms with Crippen molar-refractivity contribution in [2.45, 2.75) is 33.2 Å². The predicted molar refractivity (Wildman–Crippen MR) is 73.8 cm³/mol. The molecule has 0 aliphatic carbocycles. The summed E-state index contributed by atoms with van der Waals surface area (Å²) in [5, 5.41) is 6.52. The second kappa shape index (κ2) is 5.53. The lowest BCUT2D eigenvalue weighted by molar-refractivity contribution is 0.0913. The van der Waals surface area contributed by atoms with Crippen LogP contribution in [0.4, 0.5) is 0 Å². The molecule has 1 aromatic rings. The Kier molecular flexibility index (Phi) is 4.02. The maximum atomic E-state index is 12.3. The van der Waals surface area contributed by atoms with Gasteiger partial charge in [0.2, 0.25) is 0 Å². The van der Waals surface area contributed by atoms with Crippen LogP contribution in [0.3, 0.4) is 0 Å². The van der Waals surface area contributed by atoms with Crippen LogP contribution in [-0.2, 0) is 0 Å². The molecule has 3 nitrogen and oxygen atoms in total. The third kappa shape index (κ3) is 2.72. The molecular weight excluding hydrogens is 224 g/mol. The maximum absolute atomic E-state index is 12.3. The minimum absolute atomic E-state index is 0.0648. The molecule has 0 bridgehead atoms. The molecular formula is C15H22N2O. The third-order valence-corrected chi connectivity index (χ3v) is 3.95. The van der Waals surface area contributed by atoms with Gasteiger partial charge >= 0.3 is 0 Å². The first-order chi connectivity index (χ1) is 8.59. The number of carbonyl (C=O) groups excluding carboxylic acids is 1. The van der Waals surface area contributed by atoms with Crippen LogP contribution in [0.2, 0.25) is 0 Å². The summed E-state index contributed by atoms with van der Waals surface area (Å²) in [5.74, 6) is 0.558. The second-order valence-electron chi connectivity index (χ2n) is 5.30. The van der Waals surface area contributed by atoms with Crippen LogP contribution in [-0.4, -0.2) is 25.0 Å². The smallest absolute Gasteiger partial charge is 0.251 e. The number of hydrogen-bond acceptors (Lipinski definition) is 2. The zero-order valence-corrected chi connectivity index (χ0v) is 11.4. The Labute approximate surface area is 109 Å². The van der Waals surface area contributed by atoms with E-state index in [2.05, 4.69) is 17.6 Å². The molecule has 98 valence electrons. The molecule has 1 aromatic carbocycles. The van der Waals surface area contributed by atoms with E-state index in [0.717, 1.165) is 30.6 Å². The van der Waals surface area contributed by atoms with E-state index in [1.165, 1.54) is 5.56 Å². The predicted octanol–water partition coefficient (Wildman–Crippen LogP) is 2.03. The standard InChI is InChI=1S/C15H22N2O/c1-10-5-4-6-13(12(10)3)15(18)17-14-7-8-16-9-11(14)2/h4-6,11,14,16H,7-9H2,1-3H3,(H,17,18)/t11-,14-/m0/s1. The van der Waals surface area contributed by atoms with E-state index in [1.807, 2.05) is 32.0 Å². The first kappa shape index (κ1) is 13.1. The van der Waals surface area contributed by atoms with E-state index in [-0.39, 0.29) is 5.91 Å². The van der Waals surface area contributed by atoms with Crippen molar-refractivity contribution >= 4 is 5.91 Å². The lowest BCUT2D eigenvalue weighted by atomic mass is 9.94. The Bertz CT molecular complexity index is 442. The highest BCUT2D eigenvalue weighted by atomic mass is 16.1. The first-order valence-corrected chi connectivity index (χ1v) is 6.67. The number of carbonyl (C=O) groups is 1. The van der Waals surface area contributed by atoms with Gasteiger partial charge in [0.25, 0.3) is 5.91 Å². The second-order valence-corrected chi connectivity index (χ2v) is 5.30. The SMILES string of the molecule is Cc1cccc(C(=O)N[C@H]2CCNC[C@@H]2C)c1C. The summed E-state index contributed by atoms with van der Waals surface area (Å²) in [5.41, 5.74) is 3.05. The van der Waals surface area contributed by atoms with Crippen molar-refractivity contribution < 1.29 is 4.79 Å². The molecule has 0 saturated carbocycles. The number of aryl methyl sites for hydroxylation is 1. The van der Waals surface area contributed by atoms with Crippen molar-refractivity contribution in [2.24, 2.45) is 5.92 Å². The van der Waals surface area contributed by atoms with Crippen molar-refractivity contribution in [2.75, 3.05) is 13.1 Å². The zero-order chi connectivity index (χ0) is 13.1. The molecule has 1 saturated heterocycles. The maximum Gasteiger partial charge on any atom is 0.251 e. The number of nitrogens with one attached hydrogen (secondary N) is 2. The van der Waals surface area contributed by atoms with Crippen LogP contribution in [0.15, 0.2) is 18.2 Å². The Morgan fingerprint density at radius 2 is 2.17 bits per heavy atom. The number of amides is 1. The van der Waals surface area contributed by atoms with Crippen LogP contribution in [0.25, 0.3) is 0 Å². The molecule has 2 atom stereocenters. The molecule has 0 unspecified atom stereocenters. The Morgan fingerprint density at radius 3 is 2.89 bits per heavy atom. The molecule has 1 aliphatic rings. The molecule has 0 aromatic heterocycles. The van der Waals surface area contributed by atoms with Crippen LogP contribution in [0, 0.1) is 19.8 Å². The van der Waals surface area contributed by atoms with Crippen molar-refractivity contribution in [1.29, 1.82) is 0 Å². The van der Waals surface area contributed by atoms with Gasteiger partial charge in [0, 0.05) is 11.6 Å². The summed E-state index contributed by atoms with van der Waals surface area (Å²) in [4.78, 5) is 12.3. The lowest BCUT2D eigenvalue weighted by Crippen LogP contribution is -2.48. The van der Waals surface area contributed by atoms with E-state index in [9.17, 15) is 4.79 Å². The summed E-state index contributed by atoms with van der Waals surface area (Å²) < 4.78 is 0. The molecule has 1 heterocycles. The fourth-order valence-corrected chi connectivity index (χ4v) is 2.47. The summed E-state index contributed by atoms with van der Waals surface area (Å²) in [7, 11) is 0. The minimum atomic E-state index is 0.0648. The van der Waals surface area contributed by atoms with Gasteiger partial charge in [-0.1, -0.05) is 19.1 Å². The number of rotatable bonds is 2. The molecule has 1 aliphatic heterocycles. The summed E-state index contributed by atoms with van der Waals surface area (Å²) in [6.07, 6.45) is 1.01. The molecule has 18 heavy (non-hydrogen) atoms. The molecule has 1 fully saturated rings. The minimum Gasteiger partial charge on any atom is -0.349 e. The van der Waals surface area contributed by atoms with Crippen molar-refractivity contribution in [3.05, 3.63) is 34.9 Å². The van der Waals surface area contributed by atoms with E-state index >= 15 is 0 Å². The van der Waals surface area contributed by atoms with Crippen LogP contribution in [0.5, 0.6) is 0 Å². The van der Waals surface area contributed by atoms with Gasteiger partial charge in [-0.15, -0.1) is 0 Å².